The molecule has 0 radical (unpaired) electrons. The monoisotopic (exact) mass is 308 g/mol. The van der Waals surface area contributed by atoms with Crippen LogP contribution in [0.3, 0.4) is 0 Å². The first-order chi connectivity index (χ1) is 10.5. The van der Waals surface area contributed by atoms with Crippen LogP contribution < -0.4 is 5.32 Å². The minimum absolute atomic E-state index is 0.153. The molecule has 1 N–H and O–H groups in total. The van der Waals surface area contributed by atoms with Crippen LogP contribution in [0.1, 0.15) is 25.3 Å². The standard InChI is InChI=1S/C16H21FN2O3/c1-3-22-15(20)12-6-8-19(9-7-12)16(21)18-14-10-11(2)4-5-13(14)17/h4-5,10,12H,3,6-9H2,1-2H3,(H,18,21). The fourth-order valence-electron chi connectivity index (χ4n) is 2.51. The molecule has 1 saturated heterocycles. The quantitative estimate of drug-likeness (QED) is 0.873. The number of nitrogens with zero attached hydrogens (tertiary/aromatic N) is 1. The fraction of sp³-hybridized carbons (Fsp3) is 0.500. The predicted octanol–water partition coefficient (Wildman–Crippen LogP) is 2.94. The average molecular weight is 308 g/mol. The van der Waals surface area contributed by atoms with Gasteiger partial charge in [-0.1, -0.05) is 6.07 Å². The van der Waals surface area contributed by atoms with Crippen molar-refractivity contribution < 1.29 is 18.7 Å². The number of ether oxygens (including phenoxy) is 1. The Bertz CT molecular complexity index is 554. The molecule has 0 aromatic heterocycles. The lowest BCUT2D eigenvalue weighted by molar-refractivity contribution is -0.149. The molecule has 22 heavy (non-hydrogen) atoms. The number of urea groups is 1. The molecule has 6 heteroatoms. The fourth-order valence-corrected chi connectivity index (χ4v) is 2.51. The second kappa shape index (κ2) is 7.24. The minimum atomic E-state index is -0.458. The van der Waals surface area contributed by atoms with E-state index in [0.717, 1.165) is 5.56 Å². The van der Waals surface area contributed by atoms with Gasteiger partial charge in [0.05, 0.1) is 18.2 Å². The third kappa shape index (κ3) is 3.96. The van der Waals surface area contributed by atoms with Crippen LogP contribution in [0.5, 0.6) is 0 Å². The van der Waals surface area contributed by atoms with Gasteiger partial charge in [0.25, 0.3) is 0 Å². The van der Waals surface area contributed by atoms with Gasteiger partial charge in [-0.15, -0.1) is 0 Å². The summed E-state index contributed by atoms with van der Waals surface area (Å²) in [5.41, 5.74) is 1.05. The van der Waals surface area contributed by atoms with Crippen molar-refractivity contribution in [2.75, 3.05) is 25.0 Å². The lowest BCUT2D eigenvalue weighted by Gasteiger charge is -2.30. The van der Waals surface area contributed by atoms with Crippen LogP contribution in [0.2, 0.25) is 0 Å². The van der Waals surface area contributed by atoms with Crippen molar-refractivity contribution in [2.24, 2.45) is 5.92 Å². The number of rotatable bonds is 3. The SMILES string of the molecule is CCOC(=O)C1CCN(C(=O)Nc2cc(C)ccc2F)CC1. The molecule has 2 rings (SSSR count). The van der Waals surface area contributed by atoms with E-state index in [-0.39, 0.29) is 23.6 Å². The van der Waals surface area contributed by atoms with E-state index < -0.39 is 5.82 Å². The maximum Gasteiger partial charge on any atom is 0.321 e. The Hall–Kier alpha value is -2.11. The summed E-state index contributed by atoms with van der Waals surface area (Å²) in [6.45, 7) is 4.90. The highest BCUT2D eigenvalue weighted by atomic mass is 19.1. The molecule has 0 atom stereocenters. The van der Waals surface area contributed by atoms with Crippen molar-refractivity contribution in [1.29, 1.82) is 0 Å². The third-order valence-corrected chi connectivity index (χ3v) is 3.77. The van der Waals surface area contributed by atoms with Gasteiger partial charge in [0.1, 0.15) is 5.82 Å². The number of benzene rings is 1. The number of aryl methyl sites for hydroxylation is 1. The van der Waals surface area contributed by atoms with E-state index in [1.165, 1.54) is 6.07 Å². The summed E-state index contributed by atoms with van der Waals surface area (Å²) in [4.78, 5) is 25.4. The summed E-state index contributed by atoms with van der Waals surface area (Å²) in [7, 11) is 0. The van der Waals surface area contributed by atoms with Crippen LogP contribution in [0, 0.1) is 18.7 Å². The summed E-state index contributed by atoms with van der Waals surface area (Å²) < 4.78 is 18.6. The summed E-state index contributed by atoms with van der Waals surface area (Å²) in [5, 5.41) is 2.59. The summed E-state index contributed by atoms with van der Waals surface area (Å²) >= 11 is 0. The number of carbonyl (C=O) groups excluding carboxylic acids is 2. The lowest BCUT2D eigenvalue weighted by atomic mass is 9.97. The molecule has 0 saturated carbocycles. The lowest BCUT2D eigenvalue weighted by Crippen LogP contribution is -2.42. The molecule has 1 fully saturated rings. The molecule has 1 aliphatic heterocycles. The number of hydrogen-bond acceptors (Lipinski definition) is 3. The van der Waals surface area contributed by atoms with Gasteiger partial charge in [0, 0.05) is 13.1 Å². The molecular weight excluding hydrogens is 287 g/mol. The molecule has 1 heterocycles. The van der Waals surface area contributed by atoms with E-state index in [1.807, 2.05) is 6.92 Å². The zero-order chi connectivity index (χ0) is 16.1. The van der Waals surface area contributed by atoms with Gasteiger partial charge >= 0.3 is 12.0 Å². The average Bonchev–Trinajstić information content (AvgIpc) is 2.51. The Morgan fingerprint density at radius 1 is 1.36 bits per heavy atom. The number of nitrogens with one attached hydrogen (secondary N) is 1. The van der Waals surface area contributed by atoms with Crippen LogP contribution >= 0.6 is 0 Å². The Balaban J connectivity index is 1.90. The number of likely N-dealkylation sites (tertiary alicyclic amines) is 1. The second-order valence-corrected chi connectivity index (χ2v) is 5.43. The Labute approximate surface area is 129 Å². The molecule has 2 amide bonds. The molecule has 0 aliphatic carbocycles. The third-order valence-electron chi connectivity index (χ3n) is 3.77. The zero-order valence-corrected chi connectivity index (χ0v) is 12.9. The van der Waals surface area contributed by atoms with Gasteiger partial charge in [-0.3, -0.25) is 4.79 Å². The highest BCUT2D eigenvalue weighted by Crippen LogP contribution is 2.21. The molecule has 1 aromatic rings. The van der Waals surface area contributed by atoms with E-state index >= 15 is 0 Å². The van der Waals surface area contributed by atoms with Crippen molar-refractivity contribution >= 4 is 17.7 Å². The Morgan fingerprint density at radius 2 is 2.05 bits per heavy atom. The summed E-state index contributed by atoms with van der Waals surface area (Å²) in [6.07, 6.45) is 1.14. The Kier molecular flexibility index (Phi) is 5.35. The summed E-state index contributed by atoms with van der Waals surface area (Å²) in [5.74, 6) is -0.813. The van der Waals surface area contributed by atoms with Gasteiger partial charge in [-0.2, -0.15) is 0 Å². The van der Waals surface area contributed by atoms with Crippen LogP contribution in [-0.2, 0) is 9.53 Å². The van der Waals surface area contributed by atoms with Crippen molar-refractivity contribution in [1.82, 2.24) is 4.90 Å². The number of amides is 2. The first-order valence-corrected chi connectivity index (χ1v) is 7.50. The van der Waals surface area contributed by atoms with Crippen molar-refractivity contribution in [2.45, 2.75) is 26.7 Å². The molecule has 5 nitrogen and oxygen atoms in total. The molecule has 0 unspecified atom stereocenters. The van der Waals surface area contributed by atoms with E-state index in [1.54, 1.807) is 24.0 Å². The van der Waals surface area contributed by atoms with Crippen LogP contribution in [0.15, 0.2) is 18.2 Å². The van der Waals surface area contributed by atoms with Crippen LogP contribution in [-0.4, -0.2) is 36.6 Å². The normalized spacial score (nSPS) is 15.5. The second-order valence-electron chi connectivity index (χ2n) is 5.43. The Morgan fingerprint density at radius 3 is 2.68 bits per heavy atom. The largest absolute Gasteiger partial charge is 0.466 e. The van der Waals surface area contributed by atoms with E-state index in [4.69, 9.17) is 4.74 Å². The highest BCUT2D eigenvalue weighted by Gasteiger charge is 2.28. The van der Waals surface area contributed by atoms with Crippen molar-refractivity contribution in [3.05, 3.63) is 29.6 Å². The van der Waals surface area contributed by atoms with Gasteiger partial charge in [-0.25, -0.2) is 9.18 Å². The van der Waals surface area contributed by atoms with Gasteiger partial charge in [-0.05, 0) is 44.4 Å². The number of halogens is 1. The molecule has 0 bridgehead atoms. The smallest absolute Gasteiger partial charge is 0.321 e. The molecule has 1 aromatic carbocycles. The minimum Gasteiger partial charge on any atom is -0.466 e. The molecule has 1 aliphatic rings. The zero-order valence-electron chi connectivity index (χ0n) is 12.9. The highest BCUT2D eigenvalue weighted by molar-refractivity contribution is 5.89. The van der Waals surface area contributed by atoms with E-state index in [9.17, 15) is 14.0 Å². The maximum atomic E-state index is 13.7. The molecule has 0 spiro atoms. The molecular formula is C16H21FN2O3. The topological polar surface area (TPSA) is 58.6 Å². The van der Waals surface area contributed by atoms with Crippen molar-refractivity contribution in [3.8, 4) is 0 Å². The predicted molar refractivity (Wildman–Crippen MR) is 81.1 cm³/mol. The number of anilines is 1. The van der Waals surface area contributed by atoms with E-state index in [0.29, 0.717) is 32.5 Å². The maximum absolute atomic E-state index is 13.7. The van der Waals surface area contributed by atoms with Crippen LogP contribution in [0.4, 0.5) is 14.9 Å². The number of carbonyl (C=O) groups is 2. The van der Waals surface area contributed by atoms with Crippen molar-refractivity contribution in [3.63, 3.8) is 0 Å². The molecule has 120 valence electrons. The van der Waals surface area contributed by atoms with E-state index in [2.05, 4.69) is 5.32 Å². The van der Waals surface area contributed by atoms with Gasteiger partial charge in [0.2, 0.25) is 0 Å². The first kappa shape index (κ1) is 16.3. The number of esters is 1. The number of piperidine rings is 1. The van der Waals surface area contributed by atoms with Gasteiger partial charge in [0.15, 0.2) is 0 Å². The summed E-state index contributed by atoms with van der Waals surface area (Å²) in [6, 6.07) is 4.23. The van der Waals surface area contributed by atoms with Crippen LogP contribution in [0.25, 0.3) is 0 Å². The number of hydrogen-bond donors (Lipinski definition) is 1. The van der Waals surface area contributed by atoms with Gasteiger partial charge < -0.3 is 15.0 Å². The first-order valence-electron chi connectivity index (χ1n) is 7.50.